The standard InChI is InChI=1S/C21H17N3O2/c1-2-9-23-12-15(16-5-3-4-6-17(16)23)11-22-24-20(25)18-13-7-8-14(10-13)19(18)21(24)26/h1,3-8,11-14,18-19H,9-10H2/b22-11-/t13-,14-,18+,19+/m0/s1. The summed E-state index contributed by atoms with van der Waals surface area (Å²) >= 11 is 0. The molecule has 26 heavy (non-hydrogen) atoms. The summed E-state index contributed by atoms with van der Waals surface area (Å²) in [4.78, 5) is 25.4. The van der Waals surface area contributed by atoms with Crippen LogP contribution in [0.25, 0.3) is 10.9 Å². The number of amides is 2. The van der Waals surface area contributed by atoms with Crippen molar-refractivity contribution in [2.75, 3.05) is 0 Å². The maximum Gasteiger partial charge on any atom is 0.254 e. The minimum absolute atomic E-state index is 0.166. The fourth-order valence-electron chi connectivity index (χ4n) is 4.73. The van der Waals surface area contributed by atoms with E-state index in [1.165, 1.54) is 0 Å². The fraction of sp³-hybridized carbons (Fsp3) is 0.286. The van der Waals surface area contributed by atoms with E-state index < -0.39 is 0 Å². The zero-order valence-electron chi connectivity index (χ0n) is 14.1. The van der Waals surface area contributed by atoms with Crippen LogP contribution in [0.2, 0.25) is 0 Å². The van der Waals surface area contributed by atoms with E-state index in [-0.39, 0.29) is 35.5 Å². The Bertz CT molecular complexity index is 1010. The van der Waals surface area contributed by atoms with Gasteiger partial charge in [-0.3, -0.25) is 9.59 Å². The lowest BCUT2D eigenvalue weighted by molar-refractivity contribution is -0.140. The molecule has 5 nitrogen and oxygen atoms in total. The molecule has 1 aliphatic heterocycles. The number of aromatic nitrogens is 1. The van der Waals surface area contributed by atoms with Crippen LogP contribution in [0.4, 0.5) is 0 Å². The topological polar surface area (TPSA) is 54.7 Å². The number of rotatable bonds is 3. The molecule has 0 radical (unpaired) electrons. The van der Waals surface area contributed by atoms with Gasteiger partial charge in [-0.1, -0.05) is 36.3 Å². The molecule has 4 atom stereocenters. The van der Waals surface area contributed by atoms with E-state index in [1.807, 2.05) is 35.0 Å². The van der Waals surface area contributed by atoms with Crippen LogP contribution < -0.4 is 0 Å². The van der Waals surface area contributed by atoms with Crippen molar-refractivity contribution in [1.82, 2.24) is 9.58 Å². The number of fused-ring (bicyclic) bond motifs is 6. The summed E-state index contributed by atoms with van der Waals surface area (Å²) in [6, 6.07) is 7.87. The number of terminal acetylenes is 1. The number of carbonyl (C=O) groups excluding carboxylic acids is 2. The van der Waals surface area contributed by atoms with Gasteiger partial charge < -0.3 is 4.57 Å². The van der Waals surface area contributed by atoms with Crippen molar-refractivity contribution in [3.05, 3.63) is 48.2 Å². The third kappa shape index (κ3) is 1.96. The molecule has 0 N–H and O–H groups in total. The lowest BCUT2D eigenvalue weighted by Crippen LogP contribution is -2.28. The molecule has 0 unspecified atom stereocenters. The van der Waals surface area contributed by atoms with E-state index >= 15 is 0 Å². The second-order valence-electron chi connectivity index (χ2n) is 7.17. The number of imide groups is 1. The minimum atomic E-state index is -0.225. The van der Waals surface area contributed by atoms with Crippen molar-refractivity contribution < 1.29 is 9.59 Å². The molecule has 1 saturated heterocycles. The second kappa shape index (κ2) is 5.43. The number of hydrogen-bond donors (Lipinski definition) is 0. The zero-order valence-corrected chi connectivity index (χ0v) is 14.1. The summed E-state index contributed by atoms with van der Waals surface area (Å²) in [5, 5.41) is 6.35. The van der Waals surface area contributed by atoms with Crippen molar-refractivity contribution in [3.8, 4) is 12.3 Å². The SMILES string of the molecule is C#CCn1cc(/C=N\N2C(=O)[C@H]3[C@H](C2=O)[C@H]2C=C[C@H]3C2)c2ccccc21. The summed E-state index contributed by atoms with van der Waals surface area (Å²) < 4.78 is 1.96. The van der Waals surface area contributed by atoms with Crippen molar-refractivity contribution >= 4 is 28.9 Å². The molecule has 5 heteroatoms. The lowest BCUT2D eigenvalue weighted by atomic mass is 9.85. The molecule has 5 rings (SSSR count). The summed E-state index contributed by atoms with van der Waals surface area (Å²) in [7, 11) is 0. The van der Waals surface area contributed by atoms with E-state index in [2.05, 4.69) is 23.2 Å². The zero-order chi connectivity index (χ0) is 17.8. The van der Waals surface area contributed by atoms with Crippen LogP contribution >= 0.6 is 0 Å². The Labute approximate surface area is 151 Å². The highest BCUT2D eigenvalue weighted by atomic mass is 16.2. The van der Waals surface area contributed by atoms with E-state index in [1.54, 1.807) is 6.21 Å². The predicted molar refractivity (Wildman–Crippen MR) is 97.9 cm³/mol. The maximum absolute atomic E-state index is 12.7. The van der Waals surface area contributed by atoms with Crippen LogP contribution in [0.15, 0.2) is 47.7 Å². The molecule has 2 aromatic rings. The fourth-order valence-corrected chi connectivity index (χ4v) is 4.73. The monoisotopic (exact) mass is 343 g/mol. The highest BCUT2D eigenvalue weighted by molar-refractivity contribution is 6.07. The van der Waals surface area contributed by atoms with Gasteiger partial charge in [-0.25, -0.2) is 0 Å². The summed E-state index contributed by atoms with van der Waals surface area (Å²) in [6.07, 6.45) is 14.0. The van der Waals surface area contributed by atoms with E-state index in [9.17, 15) is 9.59 Å². The lowest BCUT2D eigenvalue weighted by Gasteiger charge is -2.13. The summed E-state index contributed by atoms with van der Waals surface area (Å²) in [5.41, 5.74) is 1.85. The van der Waals surface area contributed by atoms with Crippen molar-refractivity contribution in [3.63, 3.8) is 0 Å². The molecule has 2 fully saturated rings. The van der Waals surface area contributed by atoms with Crippen molar-refractivity contribution in [2.24, 2.45) is 28.8 Å². The Morgan fingerprint density at radius 2 is 1.85 bits per heavy atom. The van der Waals surface area contributed by atoms with Gasteiger partial charge in [0, 0.05) is 22.7 Å². The molecule has 3 aliphatic rings. The number of carbonyl (C=O) groups is 2. The van der Waals surface area contributed by atoms with Gasteiger partial charge in [-0.2, -0.15) is 10.1 Å². The van der Waals surface area contributed by atoms with Crippen LogP contribution in [-0.2, 0) is 16.1 Å². The maximum atomic E-state index is 12.7. The molecule has 0 spiro atoms. The molecule has 2 heterocycles. The molecular formula is C21H17N3O2. The number of nitrogens with zero attached hydrogens (tertiary/aromatic N) is 3. The molecule has 1 aromatic heterocycles. The van der Waals surface area contributed by atoms with Crippen LogP contribution in [-0.4, -0.2) is 27.6 Å². The van der Waals surface area contributed by atoms with Crippen molar-refractivity contribution in [2.45, 2.75) is 13.0 Å². The van der Waals surface area contributed by atoms with Crippen LogP contribution in [0.5, 0.6) is 0 Å². The molecule has 1 saturated carbocycles. The molecule has 2 bridgehead atoms. The van der Waals surface area contributed by atoms with Crippen molar-refractivity contribution in [1.29, 1.82) is 0 Å². The summed E-state index contributed by atoms with van der Waals surface area (Å²) in [6.45, 7) is 0.453. The van der Waals surface area contributed by atoms with Gasteiger partial charge in [0.1, 0.15) is 0 Å². The highest BCUT2D eigenvalue weighted by Crippen LogP contribution is 2.52. The Kier molecular flexibility index (Phi) is 3.17. The van der Waals surface area contributed by atoms with Crippen LogP contribution in [0.1, 0.15) is 12.0 Å². The second-order valence-corrected chi connectivity index (χ2v) is 7.17. The van der Waals surface area contributed by atoms with Crippen LogP contribution in [0, 0.1) is 36.0 Å². The number of benzene rings is 1. The van der Waals surface area contributed by atoms with Gasteiger partial charge in [0.2, 0.25) is 0 Å². The average molecular weight is 343 g/mol. The minimum Gasteiger partial charge on any atom is -0.335 e. The predicted octanol–water partition coefficient (Wildman–Crippen LogP) is 2.42. The number of allylic oxidation sites excluding steroid dienone is 2. The normalized spacial score (nSPS) is 29.3. The first-order valence-corrected chi connectivity index (χ1v) is 8.80. The number of hydrogen-bond acceptors (Lipinski definition) is 3. The average Bonchev–Trinajstić information content (AvgIpc) is 3.39. The Morgan fingerprint density at radius 1 is 1.15 bits per heavy atom. The first kappa shape index (κ1) is 15.2. The number of hydrazone groups is 1. The summed E-state index contributed by atoms with van der Waals surface area (Å²) in [5.74, 6) is 2.24. The molecule has 2 amide bonds. The molecule has 1 aromatic carbocycles. The third-order valence-corrected chi connectivity index (χ3v) is 5.84. The Balaban J connectivity index is 1.48. The molecule has 128 valence electrons. The van der Waals surface area contributed by atoms with Gasteiger partial charge in [0.15, 0.2) is 0 Å². The molecular weight excluding hydrogens is 326 g/mol. The van der Waals surface area contributed by atoms with E-state index in [0.717, 1.165) is 27.9 Å². The Hall–Kier alpha value is -3.13. The first-order valence-electron chi connectivity index (χ1n) is 8.80. The Morgan fingerprint density at radius 3 is 2.54 bits per heavy atom. The van der Waals surface area contributed by atoms with Gasteiger partial charge in [0.05, 0.1) is 24.6 Å². The third-order valence-electron chi connectivity index (χ3n) is 5.84. The van der Waals surface area contributed by atoms with Gasteiger partial charge >= 0.3 is 0 Å². The number of para-hydroxylation sites is 1. The van der Waals surface area contributed by atoms with Gasteiger partial charge in [-0.05, 0) is 24.3 Å². The smallest absolute Gasteiger partial charge is 0.254 e. The van der Waals surface area contributed by atoms with Gasteiger partial charge in [0.25, 0.3) is 11.8 Å². The van der Waals surface area contributed by atoms with Gasteiger partial charge in [-0.15, -0.1) is 6.42 Å². The molecule has 2 aliphatic carbocycles. The van der Waals surface area contributed by atoms with E-state index in [0.29, 0.717) is 6.54 Å². The highest BCUT2D eigenvalue weighted by Gasteiger charge is 2.59. The first-order chi connectivity index (χ1) is 12.7. The quantitative estimate of drug-likeness (QED) is 0.372. The van der Waals surface area contributed by atoms with E-state index in [4.69, 9.17) is 6.42 Å². The van der Waals surface area contributed by atoms with Crippen LogP contribution in [0.3, 0.4) is 0 Å². The largest absolute Gasteiger partial charge is 0.335 e.